The number of thiophene rings is 1. The van der Waals surface area contributed by atoms with Crippen LogP contribution in [-0.2, 0) is 20.1 Å². The molecule has 1 aliphatic heterocycles. The Bertz CT molecular complexity index is 2820. The highest BCUT2D eigenvalue weighted by molar-refractivity contribution is 7.25. The van der Waals surface area contributed by atoms with E-state index < -0.39 is 29.2 Å². The standard InChI is InChI=1S/C50H37BO2S/c1-47(2)48(3,4)53-51(52-47)30-25-26-33-35-28-36-34-17-7-14-24-45(34)54-46(36)29-44(35)50(43(33)27-30)41-22-12-10-20-39(41)49(40-21-11-13-23-42(40)50)37-18-8-5-15-31(37)32-16-6-9-19-38(32)49/h5-29H,1-4H3. The van der Waals surface area contributed by atoms with E-state index in [0.717, 1.165) is 5.46 Å². The van der Waals surface area contributed by atoms with Gasteiger partial charge in [0.05, 0.1) is 22.0 Å². The lowest BCUT2D eigenvalue weighted by atomic mass is 9.52. The lowest BCUT2D eigenvalue weighted by molar-refractivity contribution is 0.00578. The van der Waals surface area contributed by atoms with Gasteiger partial charge >= 0.3 is 7.12 Å². The highest BCUT2D eigenvalue weighted by Gasteiger charge is 2.59. The van der Waals surface area contributed by atoms with Crippen LogP contribution in [0.2, 0.25) is 0 Å². The first-order chi connectivity index (χ1) is 26.2. The highest BCUT2D eigenvalue weighted by Crippen LogP contribution is 2.67. The number of fused-ring (bicyclic) bond motifs is 19. The van der Waals surface area contributed by atoms with Crippen molar-refractivity contribution in [2.24, 2.45) is 0 Å². The van der Waals surface area contributed by atoms with Crippen LogP contribution in [0.4, 0.5) is 0 Å². The first kappa shape index (κ1) is 31.1. The fraction of sp³-hybridized carbons (Fsp3) is 0.160. The third-order valence-corrected chi connectivity index (χ3v) is 14.7. The molecule has 1 aromatic heterocycles. The van der Waals surface area contributed by atoms with Crippen LogP contribution in [0.5, 0.6) is 0 Å². The molecule has 4 aliphatic rings. The van der Waals surface area contributed by atoms with Gasteiger partial charge in [0.2, 0.25) is 0 Å². The van der Waals surface area contributed by atoms with Crippen molar-refractivity contribution in [3.63, 3.8) is 0 Å². The van der Waals surface area contributed by atoms with E-state index in [1.807, 2.05) is 11.3 Å². The lowest BCUT2D eigenvalue weighted by Gasteiger charge is -2.49. The molecule has 0 unspecified atom stereocenters. The Labute approximate surface area is 320 Å². The van der Waals surface area contributed by atoms with Crippen LogP contribution in [0.3, 0.4) is 0 Å². The average molecular weight is 713 g/mol. The van der Waals surface area contributed by atoms with Crippen LogP contribution in [0, 0.1) is 0 Å². The molecule has 0 saturated carbocycles. The van der Waals surface area contributed by atoms with Crippen molar-refractivity contribution in [3.05, 3.63) is 196 Å². The molecule has 0 N–H and O–H groups in total. The Hall–Kier alpha value is -5.26. The highest BCUT2D eigenvalue weighted by atomic mass is 32.1. The predicted molar refractivity (Wildman–Crippen MR) is 223 cm³/mol. The summed E-state index contributed by atoms with van der Waals surface area (Å²) in [5, 5.41) is 2.64. The van der Waals surface area contributed by atoms with Gasteiger partial charge in [-0.3, -0.25) is 0 Å². The molecule has 4 heteroatoms. The van der Waals surface area contributed by atoms with Crippen molar-refractivity contribution in [2.75, 3.05) is 0 Å². The van der Waals surface area contributed by atoms with Gasteiger partial charge in [-0.05, 0) is 118 Å². The molecule has 2 spiro atoms. The Morgan fingerprint density at radius 2 is 0.852 bits per heavy atom. The van der Waals surface area contributed by atoms with Gasteiger partial charge in [0.1, 0.15) is 0 Å². The summed E-state index contributed by atoms with van der Waals surface area (Å²) >= 11 is 1.90. The second-order valence-electron chi connectivity index (χ2n) is 16.6. The molecule has 258 valence electrons. The number of benzene rings is 7. The van der Waals surface area contributed by atoms with Crippen LogP contribution in [0.15, 0.2) is 152 Å². The normalized spacial score (nSPS) is 18.4. The summed E-state index contributed by atoms with van der Waals surface area (Å²) in [5.74, 6) is 0. The molecular formula is C50H37BO2S. The molecule has 3 aliphatic carbocycles. The van der Waals surface area contributed by atoms with E-state index in [4.69, 9.17) is 9.31 Å². The van der Waals surface area contributed by atoms with E-state index in [0.29, 0.717) is 0 Å². The second kappa shape index (κ2) is 10.3. The number of hydrogen-bond acceptors (Lipinski definition) is 3. The predicted octanol–water partition coefficient (Wildman–Crippen LogP) is 11.4. The van der Waals surface area contributed by atoms with Crippen LogP contribution < -0.4 is 5.46 Å². The Morgan fingerprint density at radius 3 is 1.44 bits per heavy atom. The molecular weight excluding hydrogens is 675 g/mol. The summed E-state index contributed by atoms with van der Waals surface area (Å²) in [4.78, 5) is 0. The summed E-state index contributed by atoms with van der Waals surface area (Å²) in [5.41, 5.74) is 15.0. The summed E-state index contributed by atoms with van der Waals surface area (Å²) in [6.07, 6.45) is 0. The van der Waals surface area contributed by atoms with Crippen molar-refractivity contribution in [1.82, 2.24) is 0 Å². The minimum atomic E-state index is -0.584. The van der Waals surface area contributed by atoms with Crippen molar-refractivity contribution >= 4 is 44.1 Å². The van der Waals surface area contributed by atoms with E-state index in [2.05, 4.69) is 179 Å². The maximum atomic E-state index is 6.73. The molecule has 1 saturated heterocycles. The van der Waals surface area contributed by atoms with Gasteiger partial charge in [-0.2, -0.15) is 0 Å². The average Bonchev–Trinajstić information content (AvgIpc) is 3.86. The fourth-order valence-corrected chi connectivity index (χ4v) is 11.8. The topological polar surface area (TPSA) is 18.5 Å². The fourth-order valence-electron chi connectivity index (χ4n) is 10.6. The molecule has 54 heavy (non-hydrogen) atoms. The van der Waals surface area contributed by atoms with Gasteiger partial charge in [-0.15, -0.1) is 11.3 Å². The van der Waals surface area contributed by atoms with Crippen LogP contribution in [-0.4, -0.2) is 18.3 Å². The second-order valence-corrected chi connectivity index (χ2v) is 17.7. The molecule has 8 aromatic rings. The van der Waals surface area contributed by atoms with Gasteiger partial charge in [0.15, 0.2) is 0 Å². The van der Waals surface area contributed by atoms with Gasteiger partial charge in [-0.1, -0.05) is 133 Å². The molecule has 1 fully saturated rings. The first-order valence-corrected chi connectivity index (χ1v) is 19.9. The Kier molecular flexibility index (Phi) is 5.93. The summed E-state index contributed by atoms with van der Waals surface area (Å²) in [6, 6.07) is 57.7. The van der Waals surface area contributed by atoms with Gasteiger partial charge in [-0.25, -0.2) is 0 Å². The Morgan fingerprint density at radius 1 is 0.389 bits per heavy atom. The first-order valence-electron chi connectivity index (χ1n) is 19.1. The molecule has 0 amide bonds. The molecule has 0 atom stereocenters. The van der Waals surface area contributed by atoms with Crippen LogP contribution >= 0.6 is 11.3 Å². The number of rotatable bonds is 1. The van der Waals surface area contributed by atoms with E-state index in [1.54, 1.807) is 0 Å². The third kappa shape index (κ3) is 3.56. The van der Waals surface area contributed by atoms with Crippen LogP contribution in [0.25, 0.3) is 42.4 Å². The number of hydrogen-bond donors (Lipinski definition) is 0. The smallest absolute Gasteiger partial charge is 0.399 e. The largest absolute Gasteiger partial charge is 0.494 e. The molecule has 0 bridgehead atoms. The molecule has 2 nitrogen and oxygen atoms in total. The van der Waals surface area contributed by atoms with Gasteiger partial charge in [0.25, 0.3) is 0 Å². The summed E-state index contributed by atoms with van der Waals surface area (Å²) in [6.45, 7) is 8.55. The van der Waals surface area contributed by atoms with Crippen molar-refractivity contribution < 1.29 is 9.31 Å². The SMILES string of the molecule is CC1(C)OB(c2ccc3c(c2)C2(c4cc5sc6ccccc6c5cc4-3)c3ccccc3C3(c4ccccc4-c4ccccc43)c3ccccc32)OC1(C)C. The monoisotopic (exact) mass is 712 g/mol. The summed E-state index contributed by atoms with van der Waals surface area (Å²) in [7, 11) is -0.470. The van der Waals surface area contributed by atoms with Crippen molar-refractivity contribution in [1.29, 1.82) is 0 Å². The molecule has 7 aromatic carbocycles. The van der Waals surface area contributed by atoms with E-state index in [1.165, 1.54) is 86.9 Å². The zero-order valence-corrected chi connectivity index (χ0v) is 31.6. The van der Waals surface area contributed by atoms with E-state index >= 15 is 0 Å². The zero-order chi connectivity index (χ0) is 36.2. The van der Waals surface area contributed by atoms with Crippen molar-refractivity contribution in [2.45, 2.75) is 49.7 Å². The maximum Gasteiger partial charge on any atom is 0.494 e. The van der Waals surface area contributed by atoms with Crippen molar-refractivity contribution in [3.8, 4) is 22.3 Å². The van der Waals surface area contributed by atoms with Gasteiger partial charge < -0.3 is 9.31 Å². The van der Waals surface area contributed by atoms with Crippen LogP contribution in [0.1, 0.15) is 72.2 Å². The maximum absolute atomic E-state index is 6.73. The minimum absolute atomic E-state index is 0.442. The quantitative estimate of drug-likeness (QED) is 0.158. The zero-order valence-electron chi connectivity index (χ0n) is 30.7. The van der Waals surface area contributed by atoms with E-state index in [9.17, 15) is 0 Å². The molecule has 2 heterocycles. The molecule has 0 radical (unpaired) electrons. The minimum Gasteiger partial charge on any atom is -0.399 e. The summed E-state index contributed by atoms with van der Waals surface area (Å²) < 4.78 is 16.1. The Balaban J connectivity index is 1.24. The van der Waals surface area contributed by atoms with E-state index in [-0.39, 0.29) is 0 Å². The third-order valence-electron chi connectivity index (χ3n) is 13.6. The van der Waals surface area contributed by atoms with Gasteiger partial charge in [0, 0.05) is 20.2 Å². The lowest BCUT2D eigenvalue weighted by Crippen LogP contribution is -2.44. The molecule has 12 rings (SSSR count).